The molecule has 1 unspecified atom stereocenters. The Morgan fingerprint density at radius 1 is 0.553 bits per heavy atom. The van der Waals surface area contributed by atoms with Gasteiger partial charge in [-0.05, 0) is 26.2 Å². The number of carbonyl (C=O) groups is 2. The van der Waals surface area contributed by atoms with Crippen molar-refractivity contribution in [2.24, 2.45) is 0 Å². The molecule has 282 valence electrons. The molecule has 0 radical (unpaired) electrons. The first-order chi connectivity index (χ1) is 22.4. The van der Waals surface area contributed by atoms with Gasteiger partial charge in [-0.3, -0.25) is 23.2 Å². The molecule has 47 heavy (non-hydrogen) atoms. The molecule has 0 spiro atoms. The summed E-state index contributed by atoms with van der Waals surface area (Å²) >= 11 is 0. The van der Waals surface area contributed by atoms with Crippen molar-refractivity contribution in [2.45, 2.75) is 219 Å². The van der Waals surface area contributed by atoms with E-state index in [4.69, 9.17) is 4.55 Å². The fraction of sp³-hybridized carbons (Fsp3) is 0.947. The topological polar surface area (TPSA) is 121 Å². The Balaban J connectivity index is 0. The molecule has 0 saturated heterocycles. The monoisotopic (exact) mass is 692 g/mol. The molecule has 0 aliphatic heterocycles. The Labute approximate surface area is 291 Å². The van der Waals surface area contributed by atoms with E-state index in [0.717, 1.165) is 32.8 Å². The number of hydrogen-bond acceptors (Lipinski definition) is 6. The van der Waals surface area contributed by atoms with E-state index >= 15 is 0 Å². The standard InChI is InChI=1S/C37H73NO3.CH4O4S/c1-5-8-10-12-14-16-18-20-22-24-26-28-30-32-35(39)38(34-37(4,41)7-3)36(40)33-31-29-27-25-23-21-19-17-15-13-11-9-6-2;1-5-6(2,3)4/h41H,5-34H2,1-4H3;1H3,(H,2,3,4). The van der Waals surface area contributed by atoms with Crippen LogP contribution in [0.3, 0.4) is 0 Å². The first kappa shape index (κ1) is 48.1. The molecule has 0 aromatic heterocycles. The lowest BCUT2D eigenvalue weighted by Gasteiger charge is -2.30. The Morgan fingerprint density at radius 3 is 1.00 bits per heavy atom. The zero-order chi connectivity index (χ0) is 35.7. The van der Waals surface area contributed by atoms with Crippen LogP contribution in [0.1, 0.15) is 214 Å². The fourth-order valence-corrected chi connectivity index (χ4v) is 5.63. The second-order valence-corrected chi connectivity index (χ2v) is 15.0. The van der Waals surface area contributed by atoms with E-state index in [-0.39, 0.29) is 18.4 Å². The molecule has 2 N–H and O–H groups in total. The number of amides is 2. The summed E-state index contributed by atoms with van der Waals surface area (Å²) in [6.45, 7) is 8.30. The number of unbranched alkanes of at least 4 members (excludes halogenated alkanes) is 24. The molecule has 0 aliphatic rings. The summed E-state index contributed by atoms with van der Waals surface area (Å²) in [6.07, 6.45) is 34.5. The van der Waals surface area contributed by atoms with E-state index in [1.165, 1.54) is 146 Å². The molecule has 0 bridgehead atoms. The summed E-state index contributed by atoms with van der Waals surface area (Å²) in [7, 11) is -3.29. The predicted molar refractivity (Wildman–Crippen MR) is 197 cm³/mol. The van der Waals surface area contributed by atoms with E-state index < -0.39 is 16.0 Å². The predicted octanol–water partition coefficient (Wildman–Crippen LogP) is 10.9. The maximum Gasteiger partial charge on any atom is 0.397 e. The van der Waals surface area contributed by atoms with Gasteiger partial charge in [-0.25, -0.2) is 0 Å². The minimum atomic E-state index is -4.16. The molecular formula is C38H77NO7S. The number of aliphatic hydroxyl groups is 1. The van der Waals surface area contributed by atoms with Crippen molar-refractivity contribution in [3.05, 3.63) is 0 Å². The zero-order valence-electron chi connectivity index (χ0n) is 31.5. The smallest absolute Gasteiger partial charge is 0.388 e. The lowest BCUT2D eigenvalue weighted by Crippen LogP contribution is -2.46. The van der Waals surface area contributed by atoms with Crippen LogP contribution in [0.25, 0.3) is 0 Å². The zero-order valence-corrected chi connectivity index (χ0v) is 32.3. The minimum Gasteiger partial charge on any atom is -0.388 e. The van der Waals surface area contributed by atoms with Crippen molar-refractivity contribution in [1.29, 1.82) is 0 Å². The maximum absolute atomic E-state index is 13.0. The third kappa shape index (κ3) is 36.1. The second-order valence-electron chi connectivity index (χ2n) is 13.8. The van der Waals surface area contributed by atoms with Crippen molar-refractivity contribution in [2.75, 3.05) is 13.7 Å². The molecule has 0 aromatic rings. The summed E-state index contributed by atoms with van der Waals surface area (Å²) in [6, 6.07) is 0. The lowest BCUT2D eigenvalue weighted by molar-refractivity contribution is -0.149. The van der Waals surface area contributed by atoms with Gasteiger partial charge < -0.3 is 5.11 Å². The van der Waals surface area contributed by atoms with Gasteiger partial charge in [-0.15, -0.1) is 0 Å². The van der Waals surface area contributed by atoms with Crippen molar-refractivity contribution in [1.82, 2.24) is 4.90 Å². The first-order valence-corrected chi connectivity index (χ1v) is 20.9. The average molecular weight is 692 g/mol. The molecule has 8 nitrogen and oxygen atoms in total. The van der Waals surface area contributed by atoms with Gasteiger partial charge in [0.15, 0.2) is 0 Å². The van der Waals surface area contributed by atoms with Crippen LogP contribution in [0.4, 0.5) is 0 Å². The lowest BCUT2D eigenvalue weighted by atomic mass is 10.0. The normalized spacial score (nSPS) is 12.7. The number of carbonyl (C=O) groups excluding carboxylic acids is 2. The molecule has 9 heteroatoms. The van der Waals surface area contributed by atoms with Gasteiger partial charge in [0.1, 0.15) is 0 Å². The summed E-state index contributed by atoms with van der Waals surface area (Å²) in [5.74, 6) is -0.192. The van der Waals surface area contributed by atoms with Crippen molar-refractivity contribution >= 4 is 22.2 Å². The van der Waals surface area contributed by atoms with Crippen LogP contribution in [-0.4, -0.2) is 54.0 Å². The number of hydrogen-bond donors (Lipinski definition) is 2. The van der Waals surface area contributed by atoms with Crippen molar-refractivity contribution < 1.29 is 31.8 Å². The van der Waals surface area contributed by atoms with E-state index in [2.05, 4.69) is 18.0 Å². The Bertz CT molecular complexity index is 775. The summed E-state index contributed by atoms with van der Waals surface area (Å²) in [5.41, 5.74) is -1.02. The molecule has 2 amide bonds. The van der Waals surface area contributed by atoms with Crippen LogP contribution in [0.5, 0.6) is 0 Å². The third-order valence-electron chi connectivity index (χ3n) is 9.06. The Hall–Kier alpha value is -1.03. The first-order valence-electron chi connectivity index (χ1n) is 19.5. The van der Waals surface area contributed by atoms with E-state index in [1.807, 2.05) is 6.92 Å². The van der Waals surface area contributed by atoms with E-state index in [1.54, 1.807) is 6.92 Å². The van der Waals surface area contributed by atoms with E-state index in [0.29, 0.717) is 19.3 Å². The molecular weight excluding hydrogens is 614 g/mol. The van der Waals surface area contributed by atoms with Gasteiger partial charge in [-0.1, -0.05) is 175 Å². The van der Waals surface area contributed by atoms with Gasteiger partial charge in [0, 0.05) is 12.8 Å². The molecule has 0 heterocycles. The molecule has 0 rings (SSSR count). The highest BCUT2D eigenvalue weighted by Crippen LogP contribution is 2.18. The quantitative estimate of drug-likeness (QED) is 0.0532. The summed E-state index contributed by atoms with van der Waals surface area (Å²) in [4.78, 5) is 27.4. The minimum absolute atomic E-state index is 0.0958. The van der Waals surface area contributed by atoms with Crippen LogP contribution in [0, 0.1) is 0 Å². The fourth-order valence-electron chi connectivity index (χ4n) is 5.63. The molecule has 1 atom stereocenters. The largest absolute Gasteiger partial charge is 0.397 e. The highest BCUT2D eigenvalue weighted by Gasteiger charge is 2.29. The van der Waals surface area contributed by atoms with Crippen molar-refractivity contribution in [3.8, 4) is 0 Å². The SMILES string of the molecule is CCCCCCCCCCCCCCCC(=O)N(CC(C)(O)CC)C(=O)CCCCCCCCCCCCCCC.COS(=O)(=O)O. The van der Waals surface area contributed by atoms with Gasteiger partial charge >= 0.3 is 10.4 Å². The van der Waals surface area contributed by atoms with Crippen LogP contribution < -0.4 is 0 Å². The van der Waals surface area contributed by atoms with Crippen molar-refractivity contribution in [3.63, 3.8) is 0 Å². The van der Waals surface area contributed by atoms with Crippen LogP contribution in [0.2, 0.25) is 0 Å². The van der Waals surface area contributed by atoms with Crippen LogP contribution >= 0.6 is 0 Å². The van der Waals surface area contributed by atoms with Gasteiger partial charge in [0.05, 0.1) is 19.3 Å². The second kappa shape index (κ2) is 33.5. The molecule has 0 aromatic carbocycles. The van der Waals surface area contributed by atoms with Crippen LogP contribution in [-0.2, 0) is 24.2 Å². The highest BCUT2D eigenvalue weighted by atomic mass is 32.3. The molecule has 0 fully saturated rings. The van der Waals surface area contributed by atoms with Gasteiger partial charge in [0.2, 0.25) is 11.8 Å². The number of nitrogens with zero attached hydrogens (tertiary/aromatic N) is 1. The Kier molecular flexibility index (Phi) is 34.2. The highest BCUT2D eigenvalue weighted by molar-refractivity contribution is 7.80. The summed E-state index contributed by atoms with van der Waals surface area (Å²) in [5, 5.41) is 10.6. The van der Waals surface area contributed by atoms with Crippen LogP contribution in [0.15, 0.2) is 0 Å². The average Bonchev–Trinajstić information content (AvgIpc) is 3.04. The number of imide groups is 1. The summed E-state index contributed by atoms with van der Waals surface area (Å²) < 4.78 is 29.7. The third-order valence-corrected chi connectivity index (χ3v) is 9.48. The molecule has 0 saturated carbocycles. The van der Waals surface area contributed by atoms with E-state index in [9.17, 15) is 23.1 Å². The van der Waals surface area contributed by atoms with Gasteiger partial charge in [0.25, 0.3) is 0 Å². The number of rotatable bonds is 32. The Morgan fingerprint density at radius 2 is 0.787 bits per heavy atom. The maximum atomic E-state index is 13.0. The van der Waals surface area contributed by atoms with Gasteiger partial charge in [-0.2, -0.15) is 8.42 Å². The molecule has 0 aliphatic carbocycles.